The summed E-state index contributed by atoms with van der Waals surface area (Å²) in [6.45, 7) is 0. The van der Waals surface area contributed by atoms with E-state index < -0.39 is 0 Å². The highest BCUT2D eigenvalue weighted by molar-refractivity contribution is 7.98. The van der Waals surface area contributed by atoms with Gasteiger partial charge in [-0.05, 0) is 30.3 Å². The number of benzene rings is 1. The van der Waals surface area contributed by atoms with Gasteiger partial charge in [0.15, 0.2) is 11.5 Å². The molecule has 6 nitrogen and oxygen atoms in total. The van der Waals surface area contributed by atoms with Crippen molar-refractivity contribution in [3.63, 3.8) is 0 Å². The monoisotopic (exact) mass is 329 g/mol. The Hall–Kier alpha value is -2.54. The molecule has 3 aromatic rings. The first kappa shape index (κ1) is 15.4. The average Bonchev–Trinajstić information content (AvgIpc) is 3.09. The minimum Gasteiger partial charge on any atom is -0.493 e. The Balaban J connectivity index is 1.74. The number of aromatic nitrogens is 3. The first-order chi connectivity index (χ1) is 11.3. The smallest absolute Gasteiger partial charge is 0.237 e. The summed E-state index contributed by atoms with van der Waals surface area (Å²) in [5.41, 5.74) is 0.806. The minimum atomic E-state index is 0.516. The average molecular weight is 329 g/mol. The van der Waals surface area contributed by atoms with E-state index in [1.165, 1.54) is 0 Å². The molecule has 2 heterocycles. The quantitative estimate of drug-likeness (QED) is 0.641. The summed E-state index contributed by atoms with van der Waals surface area (Å²) >= 11 is 1.54. The van der Waals surface area contributed by atoms with Crippen LogP contribution in [0, 0.1) is 0 Å². The number of hydrogen-bond acceptors (Lipinski definition) is 7. The van der Waals surface area contributed by atoms with Gasteiger partial charge in [-0.1, -0.05) is 23.0 Å². The Kier molecular flexibility index (Phi) is 4.77. The zero-order chi connectivity index (χ0) is 16.1. The molecule has 0 radical (unpaired) electrons. The molecule has 0 saturated heterocycles. The van der Waals surface area contributed by atoms with Crippen LogP contribution in [0.25, 0.3) is 11.4 Å². The van der Waals surface area contributed by atoms with Gasteiger partial charge in [0.1, 0.15) is 0 Å². The van der Waals surface area contributed by atoms with Gasteiger partial charge >= 0.3 is 0 Å². The Labute approximate surface area is 137 Å². The van der Waals surface area contributed by atoms with E-state index in [-0.39, 0.29) is 0 Å². The normalized spacial score (nSPS) is 10.5. The van der Waals surface area contributed by atoms with Crippen LogP contribution < -0.4 is 9.47 Å². The molecule has 0 aliphatic rings. The Morgan fingerprint density at radius 2 is 1.96 bits per heavy atom. The van der Waals surface area contributed by atoms with E-state index in [0.717, 1.165) is 10.6 Å². The van der Waals surface area contributed by atoms with Gasteiger partial charge in [0, 0.05) is 11.8 Å². The summed E-state index contributed by atoms with van der Waals surface area (Å²) in [4.78, 5) is 8.65. The van der Waals surface area contributed by atoms with E-state index in [1.54, 1.807) is 32.2 Å². The lowest BCUT2D eigenvalue weighted by Crippen LogP contribution is -1.91. The maximum atomic E-state index is 5.29. The van der Waals surface area contributed by atoms with Gasteiger partial charge in [0.25, 0.3) is 0 Å². The SMILES string of the molecule is COc1ccc(-c2noc(CSc3ccccn3)n2)cc1OC. The summed E-state index contributed by atoms with van der Waals surface area (Å²) in [5, 5.41) is 4.93. The fourth-order valence-corrected chi connectivity index (χ4v) is 2.67. The number of ether oxygens (including phenoxy) is 2. The van der Waals surface area contributed by atoms with Crippen molar-refractivity contribution in [2.24, 2.45) is 0 Å². The molecule has 0 amide bonds. The third kappa shape index (κ3) is 3.62. The summed E-state index contributed by atoms with van der Waals surface area (Å²) in [6.07, 6.45) is 1.76. The molecule has 7 heteroatoms. The van der Waals surface area contributed by atoms with Crippen molar-refractivity contribution in [2.45, 2.75) is 10.8 Å². The third-order valence-electron chi connectivity index (χ3n) is 3.09. The lowest BCUT2D eigenvalue weighted by Gasteiger charge is -2.07. The number of methoxy groups -OCH3 is 2. The van der Waals surface area contributed by atoms with Crippen molar-refractivity contribution in [1.29, 1.82) is 0 Å². The van der Waals surface area contributed by atoms with Crippen molar-refractivity contribution in [1.82, 2.24) is 15.1 Å². The molecule has 0 aliphatic heterocycles. The highest BCUT2D eigenvalue weighted by Crippen LogP contribution is 2.31. The number of nitrogens with zero attached hydrogens (tertiary/aromatic N) is 3. The topological polar surface area (TPSA) is 70.3 Å². The van der Waals surface area contributed by atoms with E-state index in [0.29, 0.717) is 29.0 Å². The van der Waals surface area contributed by atoms with Gasteiger partial charge in [0.05, 0.1) is 25.0 Å². The lowest BCUT2D eigenvalue weighted by atomic mass is 10.2. The van der Waals surface area contributed by atoms with E-state index in [4.69, 9.17) is 14.0 Å². The van der Waals surface area contributed by atoms with Gasteiger partial charge in [-0.3, -0.25) is 0 Å². The molecular formula is C16H15N3O3S. The van der Waals surface area contributed by atoms with Crippen molar-refractivity contribution in [2.75, 3.05) is 14.2 Å². The number of pyridine rings is 1. The van der Waals surface area contributed by atoms with E-state index in [2.05, 4.69) is 15.1 Å². The number of rotatable bonds is 6. The van der Waals surface area contributed by atoms with Crippen LogP contribution in [-0.2, 0) is 5.75 Å². The van der Waals surface area contributed by atoms with Gasteiger partial charge < -0.3 is 14.0 Å². The maximum Gasteiger partial charge on any atom is 0.237 e. The fraction of sp³-hybridized carbons (Fsp3) is 0.188. The second-order valence-corrected chi connectivity index (χ2v) is 5.53. The van der Waals surface area contributed by atoms with Crippen molar-refractivity contribution in [3.8, 4) is 22.9 Å². The highest BCUT2D eigenvalue weighted by atomic mass is 32.2. The molecule has 1 aromatic carbocycles. The molecule has 118 valence electrons. The molecule has 0 bridgehead atoms. The molecule has 0 aliphatic carbocycles. The first-order valence-electron chi connectivity index (χ1n) is 6.89. The summed E-state index contributed by atoms with van der Waals surface area (Å²) in [5.74, 6) is 2.91. The minimum absolute atomic E-state index is 0.516. The van der Waals surface area contributed by atoms with Crippen LogP contribution in [0.2, 0.25) is 0 Å². The molecule has 3 rings (SSSR count). The van der Waals surface area contributed by atoms with E-state index in [9.17, 15) is 0 Å². The molecular weight excluding hydrogens is 314 g/mol. The van der Waals surface area contributed by atoms with Crippen molar-refractivity contribution in [3.05, 3.63) is 48.5 Å². The molecule has 23 heavy (non-hydrogen) atoms. The van der Waals surface area contributed by atoms with Crippen LogP contribution >= 0.6 is 11.8 Å². The maximum absolute atomic E-state index is 5.29. The Morgan fingerprint density at radius 3 is 2.70 bits per heavy atom. The number of hydrogen-bond donors (Lipinski definition) is 0. The van der Waals surface area contributed by atoms with Crippen LogP contribution in [-0.4, -0.2) is 29.3 Å². The zero-order valence-corrected chi connectivity index (χ0v) is 13.5. The third-order valence-corrected chi connectivity index (χ3v) is 4.02. The van der Waals surface area contributed by atoms with Crippen LogP contribution in [0.15, 0.2) is 52.1 Å². The van der Waals surface area contributed by atoms with Crippen molar-refractivity contribution < 1.29 is 14.0 Å². The second kappa shape index (κ2) is 7.15. The molecule has 0 fully saturated rings. The predicted molar refractivity (Wildman–Crippen MR) is 86.6 cm³/mol. The largest absolute Gasteiger partial charge is 0.493 e. The van der Waals surface area contributed by atoms with Gasteiger partial charge in [-0.15, -0.1) is 0 Å². The predicted octanol–water partition coefficient (Wildman–Crippen LogP) is 3.44. The van der Waals surface area contributed by atoms with Crippen LogP contribution in [0.1, 0.15) is 5.89 Å². The summed E-state index contributed by atoms with van der Waals surface area (Å²) in [7, 11) is 3.19. The van der Waals surface area contributed by atoms with Gasteiger partial charge in [0.2, 0.25) is 11.7 Å². The van der Waals surface area contributed by atoms with Gasteiger partial charge in [-0.25, -0.2) is 4.98 Å². The molecule has 0 spiro atoms. The second-order valence-electron chi connectivity index (χ2n) is 4.54. The van der Waals surface area contributed by atoms with Crippen LogP contribution in [0.3, 0.4) is 0 Å². The first-order valence-corrected chi connectivity index (χ1v) is 7.87. The van der Waals surface area contributed by atoms with Crippen molar-refractivity contribution >= 4 is 11.8 Å². The molecule has 0 unspecified atom stereocenters. The Bertz CT molecular complexity index is 777. The summed E-state index contributed by atoms with van der Waals surface area (Å²) in [6, 6.07) is 11.3. The molecule has 0 atom stereocenters. The molecule has 0 N–H and O–H groups in total. The van der Waals surface area contributed by atoms with E-state index in [1.807, 2.05) is 36.4 Å². The van der Waals surface area contributed by atoms with Crippen LogP contribution in [0.4, 0.5) is 0 Å². The fourth-order valence-electron chi connectivity index (χ4n) is 1.97. The van der Waals surface area contributed by atoms with Gasteiger partial charge in [-0.2, -0.15) is 4.98 Å². The Morgan fingerprint density at radius 1 is 1.09 bits per heavy atom. The molecule has 2 aromatic heterocycles. The molecule has 0 saturated carbocycles. The highest BCUT2D eigenvalue weighted by Gasteiger charge is 2.12. The standard InChI is InChI=1S/C16H15N3O3S/c1-20-12-7-6-11(9-13(12)21-2)16-18-14(22-19-16)10-23-15-5-3-4-8-17-15/h3-9H,10H2,1-2H3. The number of thioether (sulfide) groups is 1. The van der Waals surface area contributed by atoms with E-state index >= 15 is 0 Å². The lowest BCUT2D eigenvalue weighted by molar-refractivity contribution is 0.355. The van der Waals surface area contributed by atoms with Crippen LogP contribution in [0.5, 0.6) is 11.5 Å². The summed E-state index contributed by atoms with van der Waals surface area (Å²) < 4.78 is 15.8. The zero-order valence-electron chi connectivity index (χ0n) is 12.7.